The van der Waals surface area contributed by atoms with E-state index in [1.54, 1.807) is 7.11 Å². The van der Waals surface area contributed by atoms with Crippen molar-refractivity contribution in [2.75, 3.05) is 25.6 Å². The molecule has 0 unspecified atom stereocenters. The molecule has 0 saturated carbocycles. The van der Waals surface area contributed by atoms with Gasteiger partial charge in [-0.1, -0.05) is 38.1 Å². The van der Waals surface area contributed by atoms with Gasteiger partial charge in [-0.3, -0.25) is 0 Å². The number of methoxy groups -OCH3 is 1. The van der Waals surface area contributed by atoms with Crippen LogP contribution in [0.25, 0.3) is 0 Å². The van der Waals surface area contributed by atoms with Crippen molar-refractivity contribution in [2.45, 2.75) is 26.7 Å². The second-order valence-electron chi connectivity index (χ2n) is 6.13. The maximum absolute atomic E-state index is 12.0. The third-order valence-electron chi connectivity index (χ3n) is 3.79. The van der Waals surface area contributed by atoms with E-state index in [-0.39, 0.29) is 6.03 Å². The predicted molar refractivity (Wildman–Crippen MR) is 101 cm³/mol. The van der Waals surface area contributed by atoms with Gasteiger partial charge in [0, 0.05) is 0 Å². The van der Waals surface area contributed by atoms with Gasteiger partial charge < -0.3 is 20.1 Å². The summed E-state index contributed by atoms with van der Waals surface area (Å²) < 4.78 is 11.0. The largest absolute Gasteiger partial charge is 0.495 e. The van der Waals surface area contributed by atoms with Crippen LogP contribution in [0.4, 0.5) is 10.5 Å². The van der Waals surface area contributed by atoms with E-state index < -0.39 is 0 Å². The van der Waals surface area contributed by atoms with Gasteiger partial charge in [-0.2, -0.15) is 0 Å². The Morgan fingerprint density at radius 1 is 1.12 bits per heavy atom. The summed E-state index contributed by atoms with van der Waals surface area (Å²) in [4.78, 5) is 12.0. The zero-order valence-corrected chi connectivity index (χ0v) is 15.3. The van der Waals surface area contributed by atoms with Crippen LogP contribution in [-0.4, -0.2) is 26.3 Å². The molecule has 0 fully saturated rings. The van der Waals surface area contributed by atoms with E-state index in [0.29, 0.717) is 30.5 Å². The highest BCUT2D eigenvalue weighted by atomic mass is 16.5. The Morgan fingerprint density at radius 3 is 2.60 bits per heavy atom. The number of carbonyl (C=O) groups is 1. The third kappa shape index (κ3) is 5.41. The van der Waals surface area contributed by atoms with Crippen molar-refractivity contribution in [1.82, 2.24) is 5.32 Å². The van der Waals surface area contributed by atoms with E-state index in [1.807, 2.05) is 43.3 Å². The van der Waals surface area contributed by atoms with E-state index in [9.17, 15) is 4.79 Å². The third-order valence-corrected chi connectivity index (χ3v) is 3.79. The fourth-order valence-corrected chi connectivity index (χ4v) is 2.50. The lowest BCUT2D eigenvalue weighted by Crippen LogP contribution is -2.32. The van der Waals surface area contributed by atoms with Gasteiger partial charge in [-0.05, 0) is 42.2 Å². The van der Waals surface area contributed by atoms with Crippen LogP contribution in [0.1, 0.15) is 30.9 Å². The fourth-order valence-electron chi connectivity index (χ4n) is 2.50. The highest BCUT2D eigenvalue weighted by Gasteiger charge is 2.09. The van der Waals surface area contributed by atoms with Crippen LogP contribution in [0.3, 0.4) is 0 Å². The van der Waals surface area contributed by atoms with Crippen molar-refractivity contribution in [2.24, 2.45) is 0 Å². The molecule has 0 atom stereocenters. The van der Waals surface area contributed by atoms with Crippen LogP contribution in [0.15, 0.2) is 42.5 Å². The van der Waals surface area contributed by atoms with Crippen LogP contribution in [0.5, 0.6) is 11.5 Å². The quantitative estimate of drug-likeness (QED) is 0.736. The van der Waals surface area contributed by atoms with E-state index in [2.05, 4.69) is 30.5 Å². The van der Waals surface area contributed by atoms with Gasteiger partial charge in [0.25, 0.3) is 0 Å². The van der Waals surface area contributed by atoms with E-state index in [1.165, 1.54) is 0 Å². The molecule has 0 aliphatic rings. The van der Waals surface area contributed by atoms with E-state index in [4.69, 9.17) is 9.47 Å². The summed E-state index contributed by atoms with van der Waals surface area (Å²) in [6.07, 6.45) is 0. The highest BCUT2D eigenvalue weighted by molar-refractivity contribution is 5.91. The van der Waals surface area contributed by atoms with Crippen LogP contribution in [0.2, 0.25) is 0 Å². The lowest BCUT2D eigenvalue weighted by molar-refractivity contribution is 0.247. The number of para-hydroxylation sites is 1. The zero-order valence-electron chi connectivity index (χ0n) is 15.3. The van der Waals surface area contributed by atoms with Gasteiger partial charge in [0.05, 0.1) is 19.3 Å². The molecule has 2 N–H and O–H groups in total. The van der Waals surface area contributed by atoms with Gasteiger partial charge >= 0.3 is 6.03 Å². The molecular formula is C20H26N2O3. The lowest BCUT2D eigenvalue weighted by Gasteiger charge is -2.15. The lowest BCUT2D eigenvalue weighted by atomic mass is 10.0. The molecule has 0 saturated heterocycles. The number of hydrogen-bond acceptors (Lipinski definition) is 3. The van der Waals surface area contributed by atoms with Gasteiger partial charge in [0.15, 0.2) is 0 Å². The molecule has 134 valence electrons. The summed E-state index contributed by atoms with van der Waals surface area (Å²) in [5.74, 6) is 1.88. The molecule has 2 amide bonds. The number of rotatable bonds is 7. The molecule has 2 rings (SSSR count). The van der Waals surface area contributed by atoms with Gasteiger partial charge in [-0.25, -0.2) is 4.79 Å². The number of carbonyl (C=O) groups excluding carboxylic acids is 1. The Hall–Kier alpha value is -2.69. The number of hydrogen-bond donors (Lipinski definition) is 2. The summed E-state index contributed by atoms with van der Waals surface area (Å²) in [6.45, 7) is 7.03. The Labute approximate surface area is 149 Å². The van der Waals surface area contributed by atoms with Gasteiger partial charge in [0.2, 0.25) is 0 Å². The number of aryl methyl sites for hydroxylation is 1. The average molecular weight is 342 g/mol. The fraction of sp³-hybridized carbons (Fsp3) is 0.350. The molecule has 25 heavy (non-hydrogen) atoms. The molecule has 0 aliphatic heterocycles. The first-order chi connectivity index (χ1) is 12.0. The predicted octanol–water partition coefficient (Wildman–Crippen LogP) is 4.33. The van der Waals surface area contributed by atoms with Gasteiger partial charge in [-0.15, -0.1) is 0 Å². The number of amides is 2. The minimum absolute atomic E-state index is 0.287. The van der Waals surface area contributed by atoms with Crippen molar-refractivity contribution >= 4 is 11.7 Å². The Bertz CT molecular complexity index is 714. The first-order valence-corrected chi connectivity index (χ1v) is 8.42. The average Bonchev–Trinajstić information content (AvgIpc) is 2.59. The number of benzene rings is 2. The molecule has 0 heterocycles. The van der Waals surface area contributed by atoms with Crippen molar-refractivity contribution < 1.29 is 14.3 Å². The van der Waals surface area contributed by atoms with Crippen LogP contribution in [0, 0.1) is 6.92 Å². The highest BCUT2D eigenvalue weighted by Crippen LogP contribution is 2.26. The maximum Gasteiger partial charge on any atom is 0.319 e. The monoisotopic (exact) mass is 342 g/mol. The van der Waals surface area contributed by atoms with Crippen molar-refractivity contribution in [3.63, 3.8) is 0 Å². The van der Waals surface area contributed by atoms with Crippen molar-refractivity contribution in [3.8, 4) is 11.5 Å². The normalized spacial score (nSPS) is 10.4. The molecule has 5 heteroatoms. The standard InChI is InChI=1S/C20H26N2O3/c1-14(2)16-7-5-6-8-18(16)25-12-11-21-20(23)22-17-13-15(3)9-10-19(17)24-4/h5-10,13-14H,11-12H2,1-4H3,(H2,21,22,23). The van der Waals surface area contributed by atoms with Crippen LogP contribution >= 0.6 is 0 Å². The summed E-state index contributed by atoms with van der Waals surface area (Å²) in [5, 5.41) is 5.59. The minimum atomic E-state index is -0.287. The SMILES string of the molecule is COc1ccc(C)cc1NC(=O)NCCOc1ccccc1C(C)C. The molecule has 0 aromatic heterocycles. The molecular weight excluding hydrogens is 316 g/mol. The number of anilines is 1. The number of ether oxygens (including phenoxy) is 2. The molecule has 0 bridgehead atoms. The zero-order chi connectivity index (χ0) is 18.2. The smallest absolute Gasteiger partial charge is 0.319 e. The Balaban J connectivity index is 1.83. The van der Waals surface area contributed by atoms with Crippen LogP contribution < -0.4 is 20.1 Å². The first kappa shape index (κ1) is 18.6. The topological polar surface area (TPSA) is 59.6 Å². The Kier molecular flexibility index (Phi) is 6.69. The summed E-state index contributed by atoms with van der Waals surface area (Å²) in [7, 11) is 1.58. The van der Waals surface area contributed by atoms with Crippen molar-refractivity contribution in [1.29, 1.82) is 0 Å². The molecule has 0 radical (unpaired) electrons. The van der Waals surface area contributed by atoms with E-state index in [0.717, 1.165) is 16.9 Å². The minimum Gasteiger partial charge on any atom is -0.495 e. The molecule has 2 aromatic rings. The van der Waals surface area contributed by atoms with Crippen molar-refractivity contribution in [3.05, 3.63) is 53.6 Å². The summed E-state index contributed by atoms with van der Waals surface area (Å²) in [5.41, 5.74) is 2.85. The maximum atomic E-state index is 12.0. The molecule has 0 aliphatic carbocycles. The first-order valence-electron chi connectivity index (χ1n) is 8.42. The summed E-state index contributed by atoms with van der Waals surface area (Å²) in [6, 6.07) is 13.3. The second-order valence-corrected chi connectivity index (χ2v) is 6.13. The second kappa shape index (κ2) is 8.97. The van der Waals surface area contributed by atoms with Gasteiger partial charge in [0.1, 0.15) is 18.1 Å². The Morgan fingerprint density at radius 2 is 1.88 bits per heavy atom. The summed E-state index contributed by atoms with van der Waals surface area (Å²) >= 11 is 0. The molecule has 2 aromatic carbocycles. The molecule has 5 nitrogen and oxygen atoms in total. The van der Waals surface area contributed by atoms with Crippen LogP contribution in [-0.2, 0) is 0 Å². The number of urea groups is 1. The number of nitrogens with one attached hydrogen (secondary N) is 2. The molecule has 0 spiro atoms. The van der Waals surface area contributed by atoms with E-state index >= 15 is 0 Å².